The zero-order chi connectivity index (χ0) is 19.0. The summed E-state index contributed by atoms with van der Waals surface area (Å²) >= 11 is 4.29. The number of hydrogen-bond acceptors (Lipinski definition) is 4. The van der Waals surface area contributed by atoms with Crippen molar-refractivity contribution in [2.45, 2.75) is 30.6 Å². The molecule has 140 valence electrons. The van der Waals surface area contributed by atoms with Gasteiger partial charge in [-0.05, 0) is 79.1 Å². The highest BCUT2D eigenvalue weighted by molar-refractivity contribution is 14.1. The van der Waals surface area contributed by atoms with Gasteiger partial charge >= 0.3 is 0 Å². The zero-order valence-corrected chi connectivity index (χ0v) is 18.9. The van der Waals surface area contributed by atoms with E-state index < -0.39 is 0 Å². The molecule has 1 heterocycles. The molecule has 0 radical (unpaired) electrons. The number of hydrogen-bond donors (Lipinski definition) is 2. The second kappa shape index (κ2) is 7.80. The predicted molar refractivity (Wildman–Crippen MR) is 128 cm³/mol. The standard InChI is InChI=1S/C22H24IN3S/c1-4-24-21-16(23)10-7-14-8-12-18-22(20(14)21)25-17-11-9-15(13-19(17)27-18)26(5-2)6-3/h7-13,24-25H,4-6H2,1-3H3. The summed E-state index contributed by atoms with van der Waals surface area (Å²) in [5.74, 6) is 0. The van der Waals surface area contributed by atoms with Gasteiger partial charge in [-0.3, -0.25) is 0 Å². The van der Waals surface area contributed by atoms with Crippen molar-refractivity contribution in [1.29, 1.82) is 0 Å². The summed E-state index contributed by atoms with van der Waals surface area (Å²) in [6, 6.07) is 15.6. The van der Waals surface area contributed by atoms with Crippen LogP contribution in [0.15, 0.2) is 52.3 Å². The van der Waals surface area contributed by atoms with Crippen LogP contribution in [0.1, 0.15) is 20.8 Å². The molecule has 0 fully saturated rings. The second-order valence-corrected chi connectivity index (χ2v) is 8.82. The van der Waals surface area contributed by atoms with Crippen LogP contribution in [-0.4, -0.2) is 19.6 Å². The van der Waals surface area contributed by atoms with Gasteiger partial charge in [-0.25, -0.2) is 0 Å². The zero-order valence-electron chi connectivity index (χ0n) is 15.9. The van der Waals surface area contributed by atoms with Gasteiger partial charge in [0.1, 0.15) is 0 Å². The maximum Gasteiger partial charge on any atom is 0.0627 e. The van der Waals surface area contributed by atoms with Crippen molar-refractivity contribution in [3.8, 4) is 0 Å². The van der Waals surface area contributed by atoms with Gasteiger partial charge < -0.3 is 15.5 Å². The lowest BCUT2D eigenvalue weighted by molar-refractivity contribution is 0.864. The van der Waals surface area contributed by atoms with Crippen molar-refractivity contribution in [2.75, 3.05) is 35.2 Å². The van der Waals surface area contributed by atoms with E-state index in [4.69, 9.17) is 0 Å². The molecule has 0 amide bonds. The van der Waals surface area contributed by atoms with E-state index in [-0.39, 0.29) is 0 Å². The van der Waals surface area contributed by atoms with E-state index in [0.717, 1.165) is 19.6 Å². The van der Waals surface area contributed by atoms with E-state index in [0.29, 0.717) is 0 Å². The van der Waals surface area contributed by atoms with E-state index >= 15 is 0 Å². The quantitative estimate of drug-likeness (QED) is 0.297. The number of halogens is 1. The Hall–Kier alpha value is -1.60. The summed E-state index contributed by atoms with van der Waals surface area (Å²) in [5, 5.41) is 9.85. The summed E-state index contributed by atoms with van der Waals surface area (Å²) in [4.78, 5) is 4.97. The minimum Gasteiger partial charge on any atom is -0.384 e. The first kappa shape index (κ1) is 18.7. The molecule has 2 N–H and O–H groups in total. The fourth-order valence-corrected chi connectivity index (χ4v) is 5.35. The van der Waals surface area contributed by atoms with Gasteiger partial charge in [0.25, 0.3) is 0 Å². The summed E-state index contributed by atoms with van der Waals surface area (Å²) < 4.78 is 1.25. The Bertz CT molecular complexity index is 999. The van der Waals surface area contributed by atoms with Crippen LogP contribution in [0, 0.1) is 3.57 Å². The Labute approximate surface area is 179 Å². The fraction of sp³-hybridized carbons (Fsp3) is 0.273. The molecule has 0 atom stereocenters. The summed E-state index contributed by atoms with van der Waals surface area (Å²) in [6.45, 7) is 9.53. The Morgan fingerprint density at radius 3 is 2.52 bits per heavy atom. The van der Waals surface area contributed by atoms with Crippen LogP contribution in [0.3, 0.4) is 0 Å². The van der Waals surface area contributed by atoms with Crippen molar-refractivity contribution >= 4 is 67.9 Å². The predicted octanol–water partition coefficient (Wildman–Crippen LogP) is 6.93. The molecular formula is C22H24IN3S. The van der Waals surface area contributed by atoms with E-state index in [9.17, 15) is 0 Å². The van der Waals surface area contributed by atoms with Crippen LogP contribution in [0.2, 0.25) is 0 Å². The molecule has 4 rings (SSSR count). The topological polar surface area (TPSA) is 27.3 Å². The third-order valence-corrected chi connectivity index (χ3v) is 7.04. The van der Waals surface area contributed by atoms with E-state index in [1.807, 2.05) is 11.8 Å². The third-order valence-electron chi connectivity index (χ3n) is 5.02. The molecule has 3 aromatic rings. The smallest absolute Gasteiger partial charge is 0.0627 e. The molecule has 5 heteroatoms. The van der Waals surface area contributed by atoms with Gasteiger partial charge in [-0.2, -0.15) is 0 Å². The van der Waals surface area contributed by atoms with Crippen molar-refractivity contribution in [3.05, 3.63) is 46.0 Å². The first-order valence-corrected chi connectivity index (χ1v) is 11.4. The molecule has 0 saturated heterocycles. The summed E-state index contributed by atoms with van der Waals surface area (Å²) in [6.07, 6.45) is 0. The Morgan fingerprint density at radius 1 is 1.00 bits per heavy atom. The second-order valence-electron chi connectivity index (χ2n) is 6.57. The molecule has 0 bridgehead atoms. The summed E-state index contributed by atoms with van der Waals surface area (Å²) in [7, 11) is 0. The molecule has 0 saturated carbocycles. The number of rotatable bonds is 5. The van der Waals surface area contributed by atoms with Gasteiger partial charge in [0.05, 0.1) is 17.1 Å². The highest BCUT2D eigenvalue weighted by Crippen LogP contribution is 2.49. The molecule has 3 nitrogen and oxygen atoms in total. The first-order valence-electron chi connectivity index (χ1n) is 9.49. The molecule has 1 aliphatic heterocycles. The van der Waals surface area contributed by atoms with Crippen LogP contribution in [0.25, 0.3) is 10.8 Å². The van der Waals surface area contributed by atoms with Crippen molar-refractivity contribution in [1.82, 2.24) is 0 Å². The first-order chi connectivity index (χ1) is 13.2. The third kappa shape index (κ3) is 3.36. The number of anilines is 4. The lowest BCUT2D eigenvalue weighted by Crippen LogP contribution is -2.21. The largest absolute Gasteiger partial charge is 0.384 e. The fourth-order valence-electron chi connectivity index (χ4n) is 3.67. The van der Waals surface area contributed by atoms with Crippen LogP contribution in [-0.2, 0) is 0 Å². The molecular weight excluding hydrogens is 465 g/mol. The minimum atomic E-state index is 0.912. The molecule has 0 aliphatic carbocycles. The highest BCUT2D eigenvalue weighted by atomic mass is 127. The minimum absolute atomic E-state index is 0.912. The van der Waals surface area contributed by atoms with Crippen molar-refractivity contribution in [3.63, 3.8) is 0 Å². The number of benzene rings is 3. The van der Waals surface area contributed by atoms with Crippen LogP contribution < -0.4 is 15.5 Å². The molecule has 0 unspecified atom stereocenters. The SMILES string of the molecule is CCNc1c(I)ccc2ccc3c(c12)Nc1ccc(N(CC)CC)cc1S3. The van der Waals surface area contributed by atoms with Crippen LogP contribution in [0.4, 0.5) is 22.7 Å². The number of fused-ring (bicyclic) bond motifs is 4. The highest BCUT2D eigenvalue weighted by Gasteiger charge is 2.21. The van der Waals surface area contributed by atoms with E-state index in [1.54, 1.807) is 0 Å². The van der Waals surface area contributed by atoms with Crippen molar-refractivity contribution < 1.29 is 0 Å². The van der Waals surface area contributed by atoms with Gasteiger partial charge in [0, 0.05) is 44.1 Å². The van der Waals surface area contributed by atoms with E-state index in [2.05, 4.69) is 101 Å². The van der Waals surface area contributed by atoms with Crippen LogP contribution >= 0.6 is 34.4 Å². The van der Waals surface area contributed by atoms with E-state index in [1.165, 1.54) is 46.9 Å². The Balaban J connectivity index is 1.82. The average Bonchev–Trinajstić information content (AvgIpc) is 2.69. The molecule has 1 aliphatic rings. The summed E-state index contributed by atoms with van der Waals surface area (Å²) in [5.41, 5.74) is 4.93. The maximum atomic E-state index is 3.73. The van der Waals surface area contributed by atoms with Crippen molar-refractivity contribution in [2.24, 2.45) is 0 Å². The normalized spacial score (nSPS) is 12.3. The van der Waals surface area contributed by atoms with Gasteiger partial charge in [-0.1, -0.05) is 23.9 Å². The molecule has 0 aromatic heterocycles. The number of nitrogens with zero attached hydrogens (tertiary/aromatic N) is 1. The lowest BCUT2D eigenvalue weighted by atomic mass is 10.1. The van der Waals surface area contributed by atoms with Gasteiger partial charge in [0.15, 0.2) is 0 Å². The lowest BCUT2D eigenvalue weighted by Gasteiger charge is -2.27. The molecule has 0 spiro atoms. The Kier molecular flexibility index (Phi) is 5.41. The molecule has 3 aromatic carbocycles. The van der Waals surface area contributed by atoms with Gasteiger partial charge in [0.2, 0.25) is 0 Å². The van der Waals surface area contributed by atoms with Crippen LogP contribution in [0.5, 0.6) is 0 Å². The average molecular weight is 489 g/mol. The number of nitrogens with one attached hydrogen (secondary N) is 2. The molecule has 27 heavy (non-hydrogen) atoms. The monoisotopic (exact) mass is 489 g/mol. The Morgan fingerprint density at radius 2 is 1.78 bits per heavy atom. The maximum absolute atomic E-state index is 3.73. The van der Waals surface area contributed by atoms with Gasteiger partial charge in [-0.15, -0.1) is 0 Å².